The summed E-state index contributed by atoms with van der Waals surface area (Å²) in [6, 6.07) is 5.64. The lowest BCUT2D eigenvalue weighted by Gasteiger charge is -2.17. The van der Waals surface area contributed by atoms with Crippen LogP contribution >= 0.6 is 0 Å². The highest BCUT2D eigenvalue weighted by molar-refractivity contribution is 5.89. The van der Waals surface area contributed by atoms with Crippen LogP contribution in [-0.2, 0) is 11.2 Å². The van der Waals surface area contributed by atoms with Gasteiger partial charge in [-0.15, -0.1) is 0 Å². The van der Waals surface area contributed by atoms with Crippen molar-refractivity contribution in [3.05, 3.63) is 35.6 Å². The minimum absolute atomic E-state index is 0.0755. The zero-order valence-electron chi connectivity index (χ0n) is 8.30. The summed E-state index contributed by atoms with van der Waals surface area (Å²) in [5.41, 5.74) is -1.04. The summed E-state index contributed by atoms with van der Waals surface area (Å²) in [6.07, 6.45) is 1.32. The van der Waals surface area contributed by atoms with Gasteiger partial charge in [-0.2, -0.15) is 0 Å². The Bertz CT molecular complexity index is 372. The molecular formula is C12H12F2O. The summed E-state index contributed by atoms with van der Waals surface area (Å²) in [7, 11) is 0. The Morgan fingerprint density at radius 1 is 1.27 bits per heavy atom. The van der Waals surface area contributed by atoms with Gasteiger partial charge in [0, 0.05) is 12.8 Å². The molecule has 2 rings (SSSR count). The van der Waals surface area contributed by atoms with Crippen molar-refractivity contribution in [2.24, 2.45) is 0 Å². The molecule has 1 atom stereocenters. The second-order valence-electron chi connectivity index (χ2n) is 4.05. The van der Waals surface area contributed by atoms with Crippen LogP contribution in [0.25, 0.3) is 0 Å². The fraction of sp³-hybridized carbons (Fsp3) is 0.417. The van der Waals surface area contributed by atoms with Crippen molar-refractivity contribution in [3.63, 3.8) is 0 Å². The summed E-state index contributed by atoms with van der Waals surface area (Å²) in [5.74, 6) is -0.656. The molecule has 0 aromatic heterocycles. The summed E-state index contributed by atoms with van der Waals surface area (Å²) in [6.45, 7) is 0. The van der Waals surface area contributed by atoms with Crippen molar-refractivity contribution >= 4 is 5.78 Å². The van der Waals surface area contributed by atoms with E-state index in [0.717, 1.165) is 0 Å². The van der Waals surface area contributed by atoms with Crippen molar-refractivity contribution in [1.29, 1.82) is 0 Å². The van der Waals surface area contributed by atoms with Gasteiger partial charge in [-0.25, -0.2) is 8.78 Å². The summed E-state index contributed by atoms with van der Waals surface area (Å²) in [5, 5.41) is 0. The molecular weight excluding hydrogens is 198 g/mol. The van der Waals surface area contributed by atoms with Gasteiger partial charge in [0.15, 0.2) is 11.5 Å². The summed E-state index contributed by atoms with van der Waals surface area (Å²) in [4.78, 5) is 11.3. The number of carbonyl (C=O) groups is 1. The standard InChI is InChI=1S/C12H12F2O/c13-10-5-3-9(4-6-10)8-12(14)7-1-2-11(12)15/h3-6H,1-2,7-8H2. The Kier molecular flexibility index (Phi) is 2.55. The van der Waals surface area contributed by atoms with E-state index in [1.807, 2.05) is 0 Å². The fourth-order valence-electron chi connectivity index (χ4n) is 2.01. The third-order valence-electron chi connectivity index (χ3n) is 2.87. The second-order valence-corrected chi connectivity index (χ2v) is 4.05. The molecule has 15 heavy (non-hydrogen) atoms. The average molecular weight is 210 g/mol. The van der Waals surface area contributed by atoms with Gasteiger partial charge < -0.3 is 0 Å². The van der Waals surface area contributed by atoms with E-state index in [-0.39, 0.29) is 18.0 Å². The lowest BCUT2D eigenvalue weighted by atomic mass is 9.94. The maximum Gasteiger partial charge on any atom is 0.172 e. The number of benzene rings is 1. The SMILES string of the molecule is O=C1CCCC1(F)Cc1ccc(F)cc1. The van der Waals surface area contributed by atoms with Crippen molar-refractivity contribution in [2.75, 3.05) is 0 Å². The highest BCUT2D eigenvalue weighted by Gasteiger charge is 2.42. The van der Waals surface area contributed by atoms with E-state index in [1.165, 1.54) is 24.3 Å². The normalized spacial score (nSPS) is 25.9. The average Bonchev–Trinajstić information content (AvgIpc) is 2.51. The number of Topliss-reactive ketones (excluding diaryl/α,β-unsaturated/α-hetero) is 1. The Hall–Kier alpha value is -1.25. The molecule has 0 N–H and O–H groups in total. The van der Waals surface area contributed by atoms with Crippen LogP contribution in [0, 0.1) is 5.82 Å². The molecule has 0 saturated heterocycles. The van der Waals surface area contributed by atoms with Crippen LogP contribution in [-0.4, -0.2) is 11.5 Å². The number of carbonyl (C=O) groups excluding carboxylic acids is 1. The number of ketones is 1. The van der Waals surface area contributed by atoms with Crippen molar-refractivity contribution in [3.8, 4) is 0 Å². The third kappa shape index (κ3) is 2.06. The molecule has 1 aliphatic carbocycles. The van der Waals surface area contributed by atoms with Crippen LogP contribution in [0.3, 0.4) is 0 Å². The quantitative estimate of drug-likeness (QED) is 0.733. The first-order valence-corrected chi connectivity index (χ1v) is 5.07. The van der Waals surface area contributed by atoms with Crippen molar-refractivity contribution in [1.82, 2.24) is 0 Å². The highest BCUT2D eigenvalue weighted by atomic mass is 19.1. The number of alkyl halides is 1. The maximum atomic E-state index is 14.0. The van der Waals surface area contributed by atoms with E-state index < -0.39 is 5.67 Å². The fourth-order valence-corrected chi connectivity index (χ4v) is 2.01. The zero-order chi connectivity index (χ0) is 10.9. The third-order valence-corrected chi connectivity index (χ3v) is 2.87. The van der Waals surface area contributed by atoms with Gasteiger partial charge in [0.25, 0.3) is 0 Å². The monoisotopic (exact) mass is 210 g/mol. The highest BCUT2D eigenvalue weighted by Crippen LogP contribution is 2.33. The number of rotatable bonds is 2. The Morgan fingerprint density at radius 2 is 1.93 bits per heavy atom. The summed E-state index contributed by atoms with van der Waals surface area (Å²) >= 11 is 0. The molecule has 0 spiro atoms. The van der Waals surface area contributed by atoms with E-state index in [2.05, 4.69) is 0 Å². The maximum absolute atomic E-state index is 14.0. The van der Waals surface area contributed by atoms with Crippen LogP contribution in [0.4, 0.5) is 8.78 Å². The molecule has 0 aliphatic heterocycles. The lowest BCUT2D eigenvalue weighted by molar-refractivity contribution is -0.127. The van der Waals surface area contributed by atoms with Crippen molar-refractivity contribution in [2.45, 2.75) is 31.4 Å². The minimum Gasteiger partial charge on any atom is -0.296 e. The van der Waals surface area contributed by atoms with Crippen molar-refractivity contribution < 1.29 is 13.6 Å². The summed E-state index contributed by atoms with van der Waals surface area (Å²) < 4.78 is 26.7. The molecule has 0 bridgehead atoms. The Morgan fingerprint density at radius 3 is 2.47 bits per heavy atom. The Balaban J connectivity index is 2.14. The smallest absolute Gasteiger partial charge is 0.172 e. The van der Waals surface area contributed by atoms with E-state index in [4.69, 9.17) is 0 Å². The number of halogens is 2. The first-order chi connectivity index (χ1) is 7.10. The van der Waals surface area contributed by atoms with Gasteiger partial charge in [0.1, 0.15) is 5.82 Å². The zero-order valence-corrected chi connectivity index (χ0v) is 8.30. The van der Waals surface area contributed by atoms with Crippen LogP contribution in [0.2, 0.25) is 0 Å². The van der Waals surface area contributed by atoms with E-state index >= 15 is 0 Å². The molecule has 1 saturated carbocycles. The van der Waals surface area contributed by atoms with Gasteiger partial charge >= 0.3 is 0 Å². The van der Waals surface area contributed by atoms with Gasteiger partial charge in [-0.05, 0) is 30.5 Å². The second kappa shape index (κ2) is 3.72. The van der Waals surface area contributed by atoms with E-state index in [1.54, 1.807) is 0 Å². The van der Waals surface area contributed by atoms with Gasteiger partial charge in [0.05, 0.1) is 0 Å². The molecule has 1 aromatic carbocycles. The van der Waals surface area contributed by atoms with Gasteiger partial charge in [-0.1, -0.05) is 12.1 Å². The molecule has 0 amide bonds. The number of hydrogen-bond donors (Lipinski definition) is 0. The molecule has 1 nitrogen and oxygen atoms in total. The molecule has 0 heterocycles. The molecule has 1 fully saturated rings. The molecule has 0 radical (unpaired) electrons. The van der Waals surface area contributed by atoms with E-state index in [9.17, 15) is 13.6 Å². The predicted octanol–water partition coefficient (Wildman–Crippen LogP) is 2.83. The minimum atomic E-state index is -1.71. The van der Waals surface area contributed by atoms with Crippen LogP contribution in [0.15, 0.2) is 24.3 Å². The van der Waals surface area contributed by atoms with Gasteiger partial charge in [0.2, 0.25) is 0 Å². The lowest BCUT2D eigenvalue weighted by Crippen LogP contribution is -2.30. The predicted molar refractivity (Wildman–Crippen MR) is 52.8 cm³/mol. The Labute approximate surface area is 87.1 Å². The van der Waals surface area contributed by atoms with Gasteiger partial charge in [-0.3, -0.25) is 4.79 Å². The first-order valence-electron chi connectivity index (χ1n) is 5.07. The molecule has 3 heteroatoms. The molecule has 1 aromatic rings. The van der Waals surface area contributed by atoms with Crippen LogP contribution < -0.4 is 0 Å². The van der Waals surface area contributed by atoms with E-state index in [0.29, 0.717) is 24.8 Å². The molecule has 1 aliphatic rings. The molecule has 1 unspecified atom stereocenters. The number of hydrogen-bond acceptors (Lipinski definition) is 1. The van der Waals surface area contributed by atoms with Crippen LogP contribution in [0.5, 0.6) is 0 Å². The topological polar surface area (TPSA) is 17.1 Å². The largest absolute Gasteiger partial charge is 0.296 e. The molecule has 80 valence electrons. The van der Waals surface area contributed by atoms with Crippen LogP contribution in [0.1, 0.15) is 24.8 Å². The first kappa shape index (κ1) is 10.3.